The third-order valence-electron chi connectivity index (χ3n) is 3.76. The Morgan fingerprint density at radius 3 is 2.46 bits per heavy atom. The van der Waals surface area contributed by atoms with Gasteiger partial charge in [0.05, 0.1) is 18.4 Å². The number of carbonyl (C=O) groups is 1. The van der Waals surface area contributed by atoms with E-state index in [4.69, 9.17) is 16.3 Å². The molecule has 0 spiro atoms. The summed E-state index contributed by atoms with van der Waals surface area (Å²) in [7, 11) is 1.60. The monoisotopic (exact) mass is 367 g/mol. The van der Waals surface area contributed by atoms with E-state index in [-0.39, 0.29) is 5.91 Å². The van der Waals surface area contributed by atoms with Crippen molar-refractivity contribution in [2.75, 3.05) is 17.7 Å². The van der Waals surface area contributed by atoms with E-state index in [9.17, 15) is 4.79 Å². The molecule has 0 aliphatic carbocycles. The molecular formula is C20H18ClN3O2. The molecule has 0 aliphatic heterocycles. The molecule has 2 N–H and O–H groups in total. The van der Waals surface area contributed by atoms with Gasteiger partial charge in [0.15, 0.2) is 0 Å². The van der Waals surface area contributed by atoms with Crippen molar-refractivity contribution < 1.29 is 9.53 Å². The van der Waals surface area contributed by atoms with Crippen molar-refractivity contribution in [1.29, 1.82) is 0 Å². The SMILES string of the molecule is COc1ccc(NC(=O)c2cncc(NCc3ccc(Cl)cc3)c2)cc1. The Bertz CT molecular complexity index is 880. The lowest BCUT2D eigenvalue weighted by Crippen LogP contribution is -2.12. The molecule has 6 heteroatoms. The van der Waals surface area contributed by atoms with Crippen molar-refractivity contribution in [3.63, 3.8) is 0 Å². The second kappa shape index (κ2) is 8.36. The summed E-state index contributed by atoms with van der Waals surface area (Å²) < 4.78 is 5.11. The molecule has 5 nitrogen and oxygen atoms in total. The zero-order chi connectivity index (χ0) is 18.4. The van der Waals surface area contributed by atoms with Crippen LogP contribution in [0.5, 0.6) is 5.75 Å². The van der Waals surface area contributed by atoms with Gasteiger partial charge in [0, 0.05) is 29.6 Å². The second-order valence-electron chi connectivity index (χ2n) is 5.62. The van der Waals surface area contributed by atoms with Crippen molar-refractivity contribution in [2.45, 2.75) is 6.54 Å². The number of nitrogens with zero attached hydrogens (tertiary/aromatic N) is 1. The highest BCUT2D eigenvalue weighted by Crippen LogP contribution is 2.17. The predicted octanol–water partition coefficient (Wildman–Crippen LogP) is 4.61. The van der Waals surface area contributed by atoms with Crippen LogP contribution in [0.1, 0.15) is 15.9 Å². The van der Waals surface area contributed by atoms with Gasteiger partial charge in [-0.05, 0) is 48.0 Å². The van der Waals surface area contributed by atoms with Crippen molar-refractivity contribution in [3.8, 4) is 5.75 Å². The molecule has 0 saturated carbocycles. The molecule has 2 aromatic carbocycles. The fraction of sp³-hybridized carbons (Fsp3) is 0.100. The summed E-state index contributed by atoms with van der Waals surface area (Å²) in [5, 5.41) is 6.79. The first-order valence-electron chi connectivity index (χ1n) is 8.03. The summed E-state index contributed by atoms with van der Waals surface area (Å²) in [6.45, 7) is 0.613. The molecule has 3 rings (SSSR count). The van der Waals surface area contributed by atoms with Gasteiger partial charge in [-0.1, -0.05) is 23.7 Å². The van der Waals surface area contributed by atoms with Gasteiger partial charge in [-0.25, -0.2) is 0 Å². The molecule has 1 heterocycles. The zero-order valence-electron chi connectivity index (χ0n) is 14.2. The second-order valence-corrected chi connectivity index (χ2v) is 6.06. The average molecular weight is 368 g/mol. The zero-order valence-corrected chi connectivity index (χ0v) is 15.0. The number of rotatable bonds is 6. The van der Waals surface area contributed by atoms with E-state index in [0.29, 0.717) is 22.8 Å². The topological polar surface area (TPSA) is 63.2 Å². The first-order valence-corrected chi connectivity index (χ1v) is 8.40. The van der Waals surface area contributed by atoms with Crippen LogP contribution < -0.4 is 15.4 Å². The number of pyridine rings is 1. The van der Waals surface area contributed by atoms with Gasteiger partial charge in [-0.3, -0.25) is 9.78 Å². The number of aromatic nitrogens is 1. The fourth-order valence-electron chi connectivity index (χ4n) is 2.34. The van der Waals surface area contributed by atoms with Gasteiger partial charge in [0.1, 0.15) is 5.75 Å². The third kappa shape index (κ3) is 4.74. The Morgan fingerprint density at radius 1 is 1.04 bits per heavy atom. The van der Waals surface area contributed by atoms with Gasteiger partial charge < -0.3 is 15.4 Å². The van der Waals surface area contributed by atoms with Gasteiger partial charge >= 0.3 is 0 Å². The van der Waals surface area contributed by atoms with E-state index in [0.717, 1.165) is 17.0 Å². The Hall–Kier alpha value is -3.05. The maximum Gasteiger partial charge on any atom is 0.257 e. The number of hydrogen-bond donors (Lipinski definition) is 2. The Kier molecular flexibility index (Phi) is 5.71. The van der Waals surface area contributed by atoms with Gasteiger partial charge in [-0.15, -0.1) is 0 Å². The molecule has 0 bridgehead atoms. The first-order chi connectivity index (χ1) is 12.6. The Labute approximate surface area is 157 Å². The molecule has 0 fully saturated rings. The van der Waals surface area contributed by atoms with Crippen molar-refractivity contribution >= 4 is 28.9 Å². The summed E-state index contributed by atoms with van der Waals surface area (Å²) in [5.41, 5.74) is 3.02. The summed E-state index contributed by atoms with van der Waals surface area (Å²) >= 11 is 5.89. The van der Waals surface area contributed by atoms with E-state index in [2.05, 4.69) is 15.6 Å². The minimum absolute atomic E-state index is 0.224. The lowest BCUT2D eigenvalue weighted by atomic mass is 10.2. The van der Waals surface area contributed by atoms with Crippen LogP contribution in [0, 0.1) is 0 Å². The molecule has 0 aliphatic rings. The van der Waals surface area contributed by atoms with Crippen LogP contribution in [0.2, 0.25) is 5.02 Å². The molecule has 1 aromatic heterocycles. The number of amides is 1. The molecule has 0 unspecified atom stereocenters. The number of methoxy groups -OCH3 is 1. The standard InChI is InChI=1S/C20H18ClN3O2/c1-26-19-8-6-17(7-9-19)24-20(25)15-10-18(13-22-12-15)23-11-14-2-4-16(21)5-3-14/h2-10,12-13,23H,11H2,1H3,(H,24,25). The number of benzene rings is 2. The molecule has 1 amide bonds. The van der Waals surface area contributed by atoms with Crippen LogP contribution in [-0.4, -0.2) is 18.0 Å². The summed E-state index contributed by atoms with van der Waals surface area (Å²) in [5.74, 6) is 0.510. The van der Waals surface area contributed by atoms with Crippen molar-refractivity contribution in [2.24, 2.45) is 0 Å². The highest BCUT2D eigenvalue weighted by Gasteiger charge is 2.08. The molecule has 3 aromatic rings. The summed E-state index contributed by atoms with van der Waals surface area (Å²) in [6, 6.07) is 16.5. The highest BCUT2D eigenvalue weighted by atomic mass is 35.5. The Balaban J connectivity index is 1.63. The van der Waals surface area contributed by atoms with Gasteiger partial charge in [0.2, 0.25) is 0 Å². The van der Waals surface area contributed by atoms with Crippen molar-refractivity contribution in [1.82, 2.24) is 4.98 Å². The van der Waals surface area contributed by atoms with Crippen molar-refractivity contribution in [3.05, 3.63) is 83.1 Å². The van der Waals surface area contributed by atoms with Crippen LogP contribution in [0.15, 0.2) is 67.0 Å². The first kappa shape index (κ1) is 17.8. The smallest absolute Gasteiger partial charge is 0.257 e. The number of nitrogens with one attached hydrogen (secondary N) is 2. The highest BCUT2D eigenvalue weighted by molar-refractivity contribution is 6.30. The number of hydrogen-bond acceptors (Lipinski definition) is 4. The van der Waals surface area contributed by atoms with E-state index in [1.807, 2.05) is 24.3 Å². The maximum atomic E-state index is 12.4. The number of ether oxygens (including phenoxy) is 1. The van der Waals surface area contributed by atoms with Crippen LogP contribution in [0.4, 0.5) is 11.4 Å². The van der Waals surface area contributed by atoms with E-state index in [1.54, 1.807) is 43.6 Å². The Morgan fingerprint density at radius 2 is 1.77 bits per heavy atom. The minimum atomic E-state index is -0.224. The van der Waals surface area contributed by atoms with E-state index >= 15 is 0 Å². The third-order valence-corrected chi connectivity index (χ3v) is 4.01. The summed E-state index contributed by atoms with van der Waals surface area (Å²) in [4.78, 5) is 16.5. The number of carbonyl (C=O) groups excluding carboxylic acids is 1. The predicted molar refractivity (Wildman–Crippen MR) is 104 cm³/mol. The molecule has 0 radical (unpaired) electrons. The molecule has 0 atom stereocenters. The normalized spacial score (nSPS) is 10.2. The van der Waals surface area contributed by atoms with Crippen LogP contribution >= 0.6 is 11.6 Å². The molecule has 0 saturated heterocycles. The van der Waals surface area contributed by atoms with E-state index in [1.165, 1.54) is 6.20 Å². The van der Waals surface area contributed by atoms with Crippen LogP contribution in [0.25, 0.3) is 0 Å². The average Bonchev–Trinajstić information content (AvgIpc) is 2.68. The van der Waals surface area contributed by atoms with E-state index < -0.39 is 0 Å². The van der Waals surface area contributed by atoms with Gasteiger partial charge in [0.25, 0.3) is 5.91 Å². The lowest BCUT2D eigenvalue weighted by molar-refractivity contribution is 0.102. The number of halogens is 1. The van der Waals surface area contributed by atoms with Crippen LogP contribution in [0.3, 0.4) is 0 Å². The molecule has 26 heavy (non-hydrogen) atoms. The molecular weight excluding hydrogens is 350 g/mol. The quantitative estimate of drug-likeness (QED) is 0.668. The lowest BCUT2D eigenvalue weighted by Gasteiger charge is -2.09. The number of anilines is 2. The fourth-order valence-corrected chi connectivity index (χ4v) is 2.47. The maximum absolute atomic E-state index is 12.4. The minimum Gasteiger partial charge on any atom is -0.497 e. The largest absolute Gasteiger partial charge is 0.497 e. The van der Waals surface area contributed by atoms with Crippen LogP contribution in [-0.2, 0) is 6.54 Å². The summed E-state index contributed by atoms with van der Waals surface area (Å²) in [6.07, 6.45) is 3.21. The van der Waals surface area contributed by atoms with Gasteiger partial charge in [-0.2, -0.15) is 0 Å². The molecule has 132 valence electrons.